The summed E-state index contributed by atoms with van der Waals surface area (Å²) in [6, 6.07) is 4.88. The van der Waals surface area contributed by atoms with Crippen LogP contribution in [-0.4, -0.2) is 17.9 Å². The molecule has 0 heterocycles. The number of carbonyl (C=O) groups excluding carboxylic acids is 2. The van der Waals surface area contributed by atoms with Crippen molar-refractivity contribution in [1.29, 1.82) is 0 Å². The number of carbonyl (C=O) groups is 2. The van der Waals surface area contributed by atoms with Crippen molar-refractivity contribution in [2.75, 3.05) is 5.32 Å². The molecule has 0 aliphatic rings. The maximum atomic E-state index is 12.0. The summed E-state index contributed by atoms with van der Waals surface area (Å²) in [7, 11) is 0. The number of hydrogen-bond acceptors (Lipinski definition) is 3. The highest BCUT2D eigenvalue weighted by Gasteiger charge is 2.19. The average Bonchev–Trinajstić information content (AvgIpc) is 2.28. The first-order valence-electron chi connectivity index (χ1n) is 7.05. The molecule has 0 spiro atoms. The lowest BCUT2D eigenvalue weighted by atomic mass is 9.87. The third kappa shape index (κ3) is 5.55. The van der Waals surface area contributed by atoms with E-state index < -0.39 is 5.91 Å². The summed E-state index contributed by atoms with van der Waals surface area (Å²) >= 11 is 0. The molecule has 2 amide bonds. The van der Waals surface area contributed by atoms with Crippen LogP contribution in [0.5, 0.6) is 0 Å². The maximum Gasteiger partial charge on any atom is 0.249 e. The SMILES string of the molecule is Cc1c(NC(=O)CC(N)CC(C)(C)C)cccc1C(N)=O. The molecule has 0 saturated carbocycles. The van der Waals surface area contributed by atoms with Crippen molar-refractivity contribution < 1.29 is 9.59 Å². The maximum absolute atomic E-state index is 12.0. The van der Waals surface area contributed by atoms with Gasteiger partial charge in [0.2, 0.25) is 11.8 Å². The second-order valence-electron chi connectivity index (χ2n) is 6.62. The molecule has 0 aliphatic carbocycles. The Kier molecular flexibility index (Phi) is 5.49. The Hall–Kier alpha value is -1.88. The van der Waals surface area contributed by atoms with Gasteiger partial charge in [-0.1, -0.05) is 26.8 Å². The molecule has 0 radical (unpaired) electrons. The number of nitrogens with one attached hydrogen (secondary N) is 1. The van der Waals surface area contributed by atoms with E-state index in [1.54, 1.807) is 25.1 Å². The van der Waals surface area contributed by atoms with Gasteiger partial charge in [0.05, 0.1) is 0 Å². The predicted octanol–water partition coefficient (Wildman–Crippen LogP) is 2.19. The van der Waals surface area contributed by atoms with Crippen molar-refractivity contribution in [3.8, 4) is 0 Å². The van der Waals surface area contributed by atoms with Crippen LogP contribution < -0.4 is 16.8 Å². The van der Waals surface area contributed by atoms with E-state index in [4.69, 9.17) is 11.5 Å². The number of rotatable bonds is 5. The number of primary amides is 1. The molecule has 1 aromatic rings. The molecule has 1 atom stereocenters. The van der Waals surface area contributed by atoms with E-state index >= 15 is 0 Å². The van der Waals surface area contributed by atoms with Gasteiger partial charge in [0, 0.05) is 23.7 Å². The molecular weight excluding hydrogens is 266 g/mol. The van der Waals surface area contributed by atoms with Gasteiger partial charge in [-0.25, -0.2) is 0 Å². The minimum atomic E-state index is -0.506. The summed E-state index contributed by atoms with van der Waals surface area (Å²) in [6.07, 6.45) is 1.01. The fourth-order valence-corrected chi connectivity index (χ4v) is 2.34. The lowest BCUT2D eigenvalue weighted by Gasteiger charge is -2.22. The summed E-state index contributed by atoms with van der Waals surface area (Å²) in [5.41, 5.74) is 13.0. The molecule has 1 aromatic carbocycles. The van der Waals surface area contributed by atoms with Crippen LogP contribution >= 0.6 is 0 Å². The van der Waals surface area contributed by atoms with Crippen molar-refractivity contribution >= 4 is 17.5 Å². The minimum absolute atomic E-state index is 0.0848. The van der Waals surface area contributed by atoms with Crippen LogP contribution in [0.1, 0.15) is 49.5 Å². The number of anilines is 1. The first-order chi connectivity index (χ1) is 9.60. The topological polar surface area (TPSA) is 98.2 Å². The molecule has 0 aromatic heterocycles. The van der Waals surface area contributed by atoms with Crippen LogP contribution in [0.25, 0.3) is 0 Å². The zero-order chi connectivity index (χ0) is 16.2. The molecule has 0 fully saturated rings. The van der Waals surface area contributed by atoms with E-state index in [1.165, 1.54) is 0 Å². The highest BCUT2D eigenvalue weighted by atomic mass is 16.2. The van der Waals surface area contributed by atoms with Crippen molar-refractivity contribution in [3.63, 3.8) is 0 Å². The highest BCUT2D eigenvalue weighted by molar-refractivity contribution is 5.98. The third-order valence-electron chi connectivity index (χ3n) is 3.20. The fourth-order valence-electron chi connectivity index (χ4n) is 2.34. The molecule has 5 N–H and O–H groups in total. The molecule has 5 heteroatoms. The third-order valence-corrected chi connectivity index (χ3v) is 3.20. The van der Waals surface area contributed by atoms with Gasteiger partial charge >= 0.3 is 0 Å². The molecule has 5 nitrogen and oxygen atoms in total. The average molecular weight is 291 g/mol. The van der Waals surface area contributed by atoms with E-state index in [-0.39, 0.29) is 23.8 Å². The van der Waals surface area contributed by atoms with E-state index in [9.17, 15) is 9.59 Å². The van der Waals surface area contributed by atoms with Crippen molar-refractivity contribution in [1.82, 2.24) is 0 Å². The summed E-state index contributed by atoms with van der Waals surface area (Å²) in [5, 5.41) is 2.80. The molecular formula is C16H25N3O2. The Labute approximate surface area is 126 Å². The first kappa shape index (κ1) is 17.2. The van der Waals surface area contributed by atoms with Gasteiger partial charge < -0.3 is 16.8 Å². The van der Waals surface area contributed by atoms with Crippen LogP contribution in [0.15, 0.2) is 18.2 Å². The van der Waals surface area contributed by atoms with Crippen LogP contribution in [-0.2, 0) is 4.79 Å². The molecule has 0 aliphatic heterocycles. The van der Waals surface area contributed by atoms with E-state index in [1.807, 2.05) is 0 Å². The smallest absolute Gasteiger partial charge is 0.249 e. The molecule has 0 bridgehead atoms. The molecule has 21 heavy (non-hydrogen) atoms. The van der Waals surface area contributed by atoms with Crippen LogP contribution in [0.3, 0.4) is 0 Å². The van der Waals surface area contributed by atoms with E-state index in [0.29, 0.717) is 16.8 Å². The Bertz CT molecular complexity index is 533. The van der Waals surface area contributed by atoms with Crippen molar-refractivity contribution in [3.05, 3.63) is 29.3 Å². The van der Waals surface area contributed by atoms with Gasteiger partial charge in [-0.15, -0.1) is 0 Å². The Morgan fingerprint density at radius 3 is 2.43 bits per heavy atom. The Balaban J connectivity index is 2.72. The normalized spacial score (nSPS) is 12.8. The highest BCUT2D eigenvalue weighted by Crippen LogP contribution is 2.22. The van der Waals surface area contributed by atoms with E-state index in [0.717, 1.165) is 6.42 Å². The lowest BCUT2D eigenvalue weighted by molar-refractivity contribution is -0.116. The predicted molar refractivity (Wildman–Crippen MR) is 85.0 cm³/mol. The van der Waals surface area contributed by atoms with Gasteiger partial charge in [-0.3, -0.25) is 9.59 Å². The summed E-state index contributed by atoms with van der Waals surface area (Å²) in [5.74, 6) is -0.662. The summed E-state index contributed by atoms with van der Waals surface area (Å²) in [6.45, 7) is 8.02. The van der Waals surface area contributed by atoms with Gasteiger partial charge in [-0.05, 0) is 36.5 Å². The largest absolute Gasteiger partial charge is 0.366 e. The molecule has 0 saturated heterocycles. The van der Waals surface area contributed by atoms with E-state index in [2.05, 4.69) is 26.1 Å². The summed E-state index contributed by atoms with van der Waals surface area (Å²) in [4.78, 5) is 23.3. The Morgan fingerprint density at radius 2 is 1.90 bits per heavy atom. The van der Waals surface area contributed by atoms with Gasteiger partial charge in [0.25, 0.3) is 0 Å². The number of nitrogens with two attached hydrogens (primary N) is 2. The second-order valence-corrected chi connectivity index (χ2v) is 6.62. The molecule has 116 valence electrons. The second kappa shape index (κ2) is 6.72. The van der Waals surface area contributed by atoms with Crippen molar-refractivity contribution in [2.45, 2.75) is 46.6 Å². The number of hydrogen-bond donors (Lipinski definition) is 3. The van der Waals surface area contributed by atoms with Gasteiger partial charge in [-0.2, -0.15) is 0 Å². The van der Waals surface area contributed by atoms with Crippen LogP contribution in [0.4, 0.5) is 5.69 Å². The Morgan fingerprint density at radius 1 is 1.29 bits per heavy atom. The standard InChI is InChI=1S/C16H25N3O2/c1-10-12(15(18)21)6-5-7-13(10)19-14(20)8-11(17)9-16(2,3)4/h5-7,11H,8-9,17H2,1-4H3,(H2,18,21)(H,19,20). The van der Waals surface area contributed by atoms with Crippen LogP contribution in [0, 0.1) is 12.3 Å². The fraction of sp³-hybridized carbons (Fsp3) is 0.500. The lowest BCUT2D eigenvalue weighted by Crippen LogP contribution is -2.31. The van der Waals surface area contributed by atoms with Crippen molar-refractivity contribution in [2.24, 2.45) is 16.9 Å². The monoisotopic (exact) mass is 291 g/mol. The zero-order valence-electron chi connectivity index (χ0n) is 13.2. The van der Waals surface area contributed by atoms with Gasteiger partial charge in [0.15, 0.2) is 0 Å². The van der Waals surface area contributed by atoms with Gasteiger partial charge in [0.1, 0.15) is 0 Å². The molecule has 1 unspecified atom stereocenters. The number of amides is 2. The first-order valence-corrected chi connectivity index (χ1v) is 7.05. The zero-order valence-corrected chi connectivity index (χ0v) is 13.2. The number of benzene rings is 1. The summed E-state index contributed by atoms with van der Waals surface area (Å²) < 4.78 is 0. The quantitative estimate of drug-likeness (QED) is 0.775. The molecule has 1 rings (SSSR count). The minimum Gasteiger partial charge on any atom is -0.366 e. The van der Waals surface area contributed by atoms with Crippen LogP contribution in [0.2, 0.25) is 0 Å².